The fourth-order valence-electron chi connectivity index (χ4n) is 1.23. The van der Waals surface area contributed by atoms with Gasteiger partial charge in [0.05, 0.1) is 26.4 Å². The van der Waals surface area contributed by atoms with Crippen LogP contribution in [0.5, 0.6) is 0 Å². The summed E-state index contributed by atoms with van der Waals surface area (Å²) in [6.45, 7) is 4.57. The summed E-state index contributed by atoms with van der Waals surface area (Å²) < 4.78 is 15.5. The van der Waals surface area contributed by atoms with E-state index in [1.54, 1.807) is 7.11 Å². The quantitative estimate of drug-likeness (QED) is 0.520. The first-order valence-corrected chi connectivity index (χ1v) is 5.81. The first kappa shape index (κ1) is 12.9. The normalized spacial score (nSPS) is 15.8. The van der Waals surface area contributed by atoms with E-state index in [1.165, 1.54) is 12.8 Å². The van der Waals surface area contributed by atoms with Gasteiger partial charge < -0.3 is 19.5 Å². The van der Waals surface area contributed by atoms with Crippen molar-refractivity contribution in [2.75, 3.05) is 46.7 Å². The predicted molar refractivity (Wildman–Crippen MR) is 59.2 cm³/mol. The molecule has 1 aliphatic carbocycles. The van der Waals surface area contributed by atoms with Gasteiger partial charge in [-0.25, -0.2) is 0 Å². The van der Waals surface area contributed by atoms with Crippen molar-refractivity contribution in [1.29, 1.82) is 0 Å². The number of nitrogens with one attached hydrogen (secondary N) is 1. The third-order valence-electron chi connectivity index (χ3n) is 2.28. The van der Waals surface area contributed by atoms with Gasteiger partial charge in [-0.15, -0.1) is 0 Å². The molecule has 0 radical (unpaired) electrons. The van der Waals surface area contributed by atoms with Gasteiger partial charge in [0.25, 0.3) is 0 Å². The fraction of sp³-hybridized carbons (Fsp3) is 1.00. The first-order chi connectivity index (χ1) is 7.43. The van der Waals surface area contributed by atoms with E-state index in [4.69, 9.17) is 14.2 Å². The second kappa shape index (κ2) is 9.09. The Morgan fingerprint density at radius 1 is 1.00 bits per heavy atom. The van der Waals surface area contributed by atoms with Crippen LogP contribution in [0.25, 0.3) is 0 Å². The molecule has 0 aromatic heterocycles. The Morgan fingerprint density at radius 2 is 1.67 bits per heavy atom. The minimum absolute atomic E-state index is 0.656. The summed E-state index contributed by atoms with van der Waals surface area (Å²) in [5, 5.41) is 3.45. The molecule has 1 fully saturated rings. The smallest absolute Gasteiger partial charge is 0.0701 e. The van der Waals surface area contributed by atoms with Gasteiger partial charge in [-0.05, 0) is 25.8 Å². The zero-order valence-electron chi connectivity index (χ0n) is 9.67. The largest absolute Gasteiger partial charge is 0.382 e. The molecule has 4 nitrogen and oxygen atoms in total. The second-order valence-electron chi connectivity index (χ2n) is 3.80. The minimum atomic E-state index is 0.656. The van der Waals surface area contributed by atoms with Crippen LogP contribution < -0.4 is 5.32 Å². The van der Waals surface area contributed by atoms with Gasteiger partial charge >= 0.3 is 0 Å². The molecule has 0 aromatic rings. The molecule has 0 aliphatic heterocycles. The lowest BCUT2D eigenvalue weighted by molar-refractivity contribution is 0.0243. The Labute approximate surface area is 92.3 Å². The summed E-state index contributed by atoms with van der Waals surface area (Å²) in [5.74, 6) is 0. The average Bonchev–Trinajstić information content (AvgIpc) is 3.05. The standard InChI is InChI=1S/C11H23NO3/c1-13-7-8-15-10-9-14-6-2-5-12-11-3-4-11/h11-12H,2-10H2,1H3. The van der Waals surface area contributed by atoms with Gasteiger partial charge in [0.15, 0.2) is 0 Å². The van der Waals surface area contributed by atoms with E-state index in [-0.39, 0.29) is 0 Å². The van der Waals surface area contributed by atoms with Gasteiger partial charge in [0.1, 0.15) is 0 Å². The molecule has 15 heavy (non-hydrogen) atoms. The van der Waals surface area contributed by atoms with E-state index in [2.05, 4.69) is 5.32 Å². The molecule has 0 saturated heterocycles. The Balaban J connectivity index is 1.62. The Morgan fingerprint density at radius 3 is 2.33 bits per heavy atom. The van der Waals surface area contributed by atoms with E-state index < -0.39 is 0 Å². The highest BCUT2D eigenvalue weighted by Gasteiger charge is 2.19. The zero-order chi connectivity index (χ0) is 10.8. The highest BCUT2D eigenvalue weighted by Crippen LogP contribution is 2.18. The van der Waals surface area contributed by atoms with Crippen molar-refractivity contribution in [3.05, 3.63) is 0 Å². The molecule has 90 valence electrons. The first-order valence-electron chi connectivity index (χ1n) is 5.81. The second-order valence-corrected chi connectivity index (χ2v) is 3.80. The number of methoxy groups -OCH3 is 1. The summed E-state index contributed by atoms with van der Waals surface area (Å²) in [6, 6.07) is 0.808. The van der Waals surface area contributed by atoms with Crippen LogP contribution in [0.4, 0.5) is 0 Å². The Hall–Kier alpha value is -0.160. The summed E-state index contributed by atoms with van der Waals surface area (Å²) in [5.41, 5.74) is 0. The molecule has 0 spiro atoms. The number of hydrogen-bond donors (Lipinski definition) is 1. The maximum absolute atomic E-state index is 5.41. The molecule has 0 heterocycles. The highest BCUT2D eigenvalue weighted by molar-refractivity contribution is 4.80. The lowest BCUT2D eigenvalue weighted by Crippen LogP contribution is -2.19. The molecular formula is C11H23NO3. The van der Waals surface area contributed by atoms with Gasteiger partial charge in [-0.2, -0.15) is 0 Å². The number of hydrogen-bond acceptors (Lipinski definition) is 4. The van der Waals surface area contributed by atoms with Crippen molar-refractivity contribution < 1.29 is 14.2 Å². The van der Waals surface area contributed by atoms with Gasteiger partial charge in [-0.1, -0.05) is 0 Å². The van der Waals surface area contributed by atoms with Crippen molar-refractivity contribution in [3.8, 4) is 0 Å². The third-order valence-corrected chi connectivity index (χ3v) is 2.28. The van der Waals surface area contributed by atoms with Crippen LogP contribution in [0, 0.1) is 0 Å². The van der Waals surface area contributed by atoms with Crippen LogP contribution in [-0.4, -0.2) is 52.7 Å². The van der Waals surface area contributed by atoms with Crippen molar-refractivity contribution in [1.82, 2.24) is 5.32 Å². The van der Waals surface area contributed by atoms with Crippen LogP contribution in [0.1, 0.15) is 19.3 Å². The summed E-state index contributed by atoms with van der Waals surface area (Å²) in [7, 11) is 1.67. The molecule has 0 aromatic carbocycles. The average molecular weight is 217 g/mol. The van der Waals surface area contributed by atoms with Crippen molar-refractivity contribution in [2.24, 2.45) is 0 Å². The molecule has 0 amide bonds. The molecular weight excluding hydrogens is 194 g/mol. The van der Waals surface area contributed by atoms with Crippen LogP contribution in [0.15, 0.2) is 0 Å². The van der Waals surface area contributed by atoms with E-state index in [9.17, 15) is 0 Å². The molecule has 1 N–H and O–H groups in total. The molecule has 0 unspecified atom stereocenters. The van der Waals surface area contributed by atoms with Crippen molar-refractivity contribution in [3.63, 3.8) is 0 Å². The van der Waals surface area contributed by atoms with E-state index in [0.29, 0.717) is 26.4 Å². The molecule has 0 atom stereocenters. The van der Waals surface area contributed by atoms with Crippen molar-refractivity contribution in [2.45, 2.75) is 25.3 Å². The lowest BCUT2D eigenvalue weighted by atomic mass is 10.4. The van der Waals surface area contributed by atoms with Crippen LogP contribution >= 0.6 is 0 Å². The summed E-state index contributed by atoms with van der Waals surface area (Å²) in [4.78, 5) is 0. The predicted octanol–water partition coefficient (Wildman–Crippen LogP) is 0.808. The number of rotatable bonds is 11. The minimum Gasteiger partial charge on any atom is -0.382 e. The van der Waals surface area contributed by atoms with E-state index in [0.717, 1.165) is 25.6 Å². The van der Waals surface area contributed by atoms with Crippen LogP contribution in [0.3, 0.4) is 0 Å². The molecule has 4 heteroatoms. The zero-order valence-corrected chi connectivity index (χ0v) is 9.67. The summed E-state index contributed by atoms with van der Waals surface area (Å²) in [6.07, 6.45) is 3.80. The molecule has 1 aliphatic rings. The Bertz CT molecular complexity index is 140. The molecule has 1 saturated carbocycles. The van der Waals surface area contributed by atoms with Gasteiger partial charge in [-0.3, -0.25) is 0 Å². The topological polar surface area (TPSA) is 39.7 Å². The maximum atomic E-state index is 5.41. The molecule has 1 rings (SSSR count). The fourth-order valence-corrected chi connectivity index (χ4v) is 1.23. The monoisotopic (exact) mass is 217 g/mol. The lowest BCUT2D eigenvalue weighted by Gasteiger charge is -2.05. The molecule has 0 bridgehead atoms. The SMILES string of the molecule is COCCOCCOCCCNC1CC1. The van der Waals surface area contributed by atoms with Crippen LogP contribution in [-0.2, 0) is 14.2 Å². The maximum Gasteiger partial charge on any atom is 0.0701 e. The van der Waals surface area contributed by atoms with E-state index in [1.807, 2.05) is 0 Å². The van der Waals surface area contributed by atoms with E-state index >= 15 is 0 Å². The van der Waals surface area contributed by atoms with Crippen LogP contribution in [0.2, 0.25) is 0 Å². The van der Waals surface area contributed by atoms with Crippen molar-refractivity contribution >= 4 is 0 Å². The number of ether oxygens (including phenoxy) is 3. The van der Waals surface area contributed by atoms with Gasteiger partial charge in [0, 0.05) is 19.8 Å². The summed E-state index contributed by atoms with van der Waals surface area (Å²) >= 11 is 0. The highest BCUT2D eigenvalue weighted by atomic mass is 16.5. The third kappa shape index (κ3) is 8.81. The Kier molecular flexibility index (Phi) is 7.83. The van der Waals surface area contributed by atoms with Gasteiger partial charge in [0.2, 0.25) is 0 Å².